The Morgan fingerprint density at radius 2 is 1.78 bits per heavy atom. The summed E-state index contributed by atoms with van der Waals surface area (Å²) in [6, 6.07) is 14.6. The van der Waals surface area contributed by atoms with E-state index in [0.717, 1.165) is 5.56 Å². The summed E-state index contributed by atoms with van der Waals surface area (Å²) < 4.78 is 0. The maximum Gasteiger partial charge on any atom is 0.220 e. The first-order valence-electron chi connectivity index (χ1n) is 6.33. The van der Waals surface area contributed by atoms with Gasteiger partial charge >= 0.3 is 0 Å². The van der Waals surface area contributed by atoms with Crippen LogP contribution in [0.5, 0.6) is 0 Å². The van der Waals surface area contributed by atoms with Crippen LogP contribution in [0.1, 0.15) is 32.8 Å². The third kappa shape index (κ3) is 2.53. The largest absolute Gasteiger partial charge is 0.347 e. The Morgan fingerprint density at radius 1 is 1.11 bits per heavy atom. The molecule has 18 heavy (non-hydrogen) atoms. The van der Waals surface area contributed by atoms with Gasteiger partial charge in [-0.05, 0) is 36.2 Å². The van der Waals surface area contributed by atoms with Gasteiger partial charge in [-0.1, -0.05) is 43.3 Å². The van der Waals surface area contributed by atoms with Crippen LogP contribution in [0.4, 0.5) is 0 Å². The average molecular weight is 241 g/mol. The van der Waals surface area contributed by atoms with Crippen LogP contribution in [-0.4, -0.2) is 5.91 Å². The molecule has 0 aliphatic rings. The number of nitrogens with one attached hydrogen (secondary N) is 1. The van der Waals surface area contributed by atoms with Gasteiger partial charge in [0.25, 0.3) is 0 Å². The van der Waals surface area contributed by atoms with E-state index in [-0.39, 0.29) is 11.4 Å². The molecule has 2 rings (SSSR count). The molecule has 2 nitrogen and oxygen atoms in total. The molecular formula is C16H19NO. The van der Waals surface area contributed by atoms with Crippen molar-refractivity contribution in [3.8, 4) is 0 Å². The van der Waals surface area contributed by atoms with E-state index < -0.39 is 0 Å². The van der Waals surface area contributed by atoms with E-state index in [0.29, 0.717) is 6.42 Å². The smallest absolute Gasteiger partial charge is 0.220 e. The Bertz CT molecular complexity index is 572. The lowest BCUT2D eigenvalue weighted by atomic mass is 9.92. The van der Waals surface area contributed by atoms with E-state index in [4.69, 9.17) is 0 Å². The normalized spacial score (nSPS) is 11.5. The number of carbonyl (C=O) groups is 1. The van der Waals surface area contributed by atoms with Crippen LogP contribution in [0.15, 0.2) is 42.5 Å². The van der Waals surface area contributed by atoms with Crippen LogP contribution in [0.3, 0.4) is 0 Å². The van der Waals surface area contributed by atoms with E-state index in [1.165, 1.54) is 10.8 Å². The molecule has 0 aliphatic heterocycles. The Labute approximate surface area is 108 Å². The number of fused-ring (bicyclic) bond motifs is 1. The highest BCUT2D eigenvalue weighted by molar-refractivity contribution is 5.83. The van der Waals surface area contributed by atoms with Crippen molar-refractivity contribution >= 4 is 16.7 Å². The van der Waals surface area contributed by atoms with Crippen LogP contribution >= 0.6 is 0 Å². The van der Waals surface area contributed by atoms with Gasteiger partial charge in [0.15, 0.2) is 0 Å². The van der Waals surface area contributed by atoms with Gasteiger partial charge in [-0.2, -0.15) is 0 Å². The predicted molar refractivity (Wildman–Crippen MR) is 75.4 cm³/mol. The summed E-state index contributed by atoms with van der Waals surface area (Å²) in [7, 11) is 0. The van der Waals surface area contributed by atoms with Crippen molar-refractivity contribution in [3.63, 3.8) is 0 Å². The standard InChI is InChI=1S/C16H19NO/c1-4-15(18)17-16(2,3)14-10-9-12-7-5-6-8-13(12)11-14/h5-11H,4H2,1-3H3,(H,17,18). The minimum atomic E-state index is -0.336. The number of benzene rings is 2. The molecule has 0 spiro atoms. The van der Waals surface area contributed by atoms with Crippen molar-refractivity contribution in [1.29, 1.82) is 0 Å². The molecule has 0 radical (unpaired) electrons. The van der Waals surface area contributed by atoms with E-state index in [1.54, 1.807) is 0 Å². The summed E-state index contributed by atoms with van der Waals surface area (Å²) in [6.07, 6.45) is 0.511. The predicted octanol–water partition coefficient (Wildman–Crippen LogP) is 3.60. The second kappa shape index (κ2) is 4.81. The first kappa shape index (κ1) is 12.6. The van der Waals surface area contributed by atoms with Crippen LogP contribution < -0.4 is 5.32 Å². The molecule has 0 unspecified atom stereocenters. The first-order chi connectivity index (χ1) is 8.53. The molecule has 2 aromatic rings. The average Bonchev–Trinajstić information content (AvgIpc) is 2.37. The van der Waals surface area contributed by atoms with Crippen molar-refractivity contribution in [2.45, 2.75) is 32.7 Å². The molecule has 0 saturated heterocycles. The second-order valence-corrected chi connectivity index (χ2v) is 5.09. The van der Waals surface area contributed by atoms with E-state index in [2.05, 4.69) is 35.6 Å². The molecule has 1 amide bonds. The summed E-state index contributed by atoms with van der Waals surface area (Å²) in [5.41, 5.74) is 0.792. The van der Waals surface area contributed by atoms with E-state index >= 15 is 0 Å². The third-order valence-corrected chi connectivity index (χ3v) is 3.24. The zero-order valence-electron chi connectivity index (χ0n) is 11.2. The van der Waals surface area contributed by atoms with Crippen molar-refractivity contribution < 1.29 is 4.79 Å². The monoisotopic (exact) mass is 241 g/mol. The molecule has 1 N–H and O–H groups in total. The molecule has 0 aliphatic carbocycles. The topological polar surface area (TPSA) is 29.1 Å². The SMILES string of the molecule is CCC(=O)NC(C)(C)c1ccc2ccccc2c1. The van der Waals surface area contributed by atoms with Gasteiger partial charge in [0, 0.05) is 6.42 Å². The number of hydrogen-bond donors (Lipinski definition) is 1. The Morgan fingerprint density at radius 3 is 2.44 bits per heavy atom. The Balaban J connectivity index is 2.37. The molecule has 0 fully saturated rings. The molecule has 0 saturated carbocycles. The molecule has 94 valence electrons. The number of amides is 1. The molecule has 0 atom stereocenters. The molecule has 0 bridgehead atoms. The molecule has 0 heterocycles. The summed E-state index contributed by atoms with van der Waals surface area (Å²) in [4.78, 5) is 11.6. The van der Waals surface area contributed by atoms with Crippen LogP contribution in [0.25, 0.3) is 10.8 Å². The van der Waals surface area contributed by atoms with E-state index in [9.17, 15) is 4.79 Å². The highest BCUT2D eigenvalue weighted by Gasteiger charge is 2.22. The van der Waals surface area contributed by atoms with Crippen LogP contribution in [0.2, 0.25) is 0 Å². The van der Waals surface area contributed by atoms with Gasteiger partial charge in [0.2, 0.25) is 5.91 Å². The summed E-state index contributed by atoms with van der Waals surface area (Å²) in [5, 5.41) is 5.47. The number of rotatable bonds is 3. The minimum Gasteiger partial charge on any atom is -0.347 e. The number of hydrogen-bond acceptors (Lipinski definition) is 1. The zero-order chi connectivity index (χ0) is 13.2. The zero-order valence-corrected chi connectivity index (χ0v) is 11.2. The van der Waals surface area contributed by atoms with Gasteiger partial charge in [-0.3, -0.25) is 4.79 Å². The van der Waals surface area contributed by atoms with Gasteiger partial charge in [-0.15, -0.1) is 0 Å². The van der Waals surface area contributed by atoms with Crippen molar-refractivity contribution in [2.24, 2.45) is 0 Å². The first-order valence-corrected chi connectivity index (χ1v) is 6.33. The van der Waals surface area contributed by atoms with Gasteiger partial charge in [0.05, 0.1) is 5.54 Å². The quantitative estimate of drug-likeness (QED) is 0.874. The highest BCUT2D eigenvalue weighted by Crippen LogP contribution is 2.24. The maximum atomic E-state index is 11.6. The lowest BCUT2D eigenvalue weighted by Crippen LogP contribution is -2.40. The lowest BCUT2D eigenvalue weighted by Gasteiger charge is -2.27. The van der Waals surface area contributed by atoms with Crippen molar-refractivity contribution in [3.05, 3.63) is 48.0 Å². The molecule has 2 heteroatoms. The van der Waals surface area contributed by atoms with Gasteiger partial charge in [0.1, 0.15) is 0 Å². The number of carbonyl (C=O) groups excluding carboxylic acids is 1. The lowest BCUT2D eigenvalue weighted by molar-refractivity contribution is -0.122. The Hall–Kier alpha value is -1.83. The van der Waals surface area contributed by atoms with Crippen molar-refractivity contribution in [1.82, 2.24) is 5.32 Å². The molecular weight excluding hydrogens is 222 g/mol. The molecule has 0 aromatic heterocycles. The maximum absolute atomic E-state index is 11.6. The fourth-order valence-corrected chi connectivity index (χ4v) is 2.09. The summed E-state index contributed by atoms with van der Waals surface area (Å²) >= 11 is 0. The van der Waals surface area contributed by atoms with E-state index in [1.807, 2.05) is 32.9 Å². The van der Waals surface area contributed by atoms with Crippen molar-refractivity contribution in [2.75, 3.05) is 0 Å². The van der Waals surface area contributed by atoms with Crippen LogP contribution in [-0.2, 0) is 10.3 Å². The van der Waals surface area contributed by atoms with Gasteiger partial charge in [-0.25, -0.2) is 0 Å². The fourth-order valence-electron chi connectivity index (χ4n) is 2.09. The fraction of sp³-hybridized carbons (Fsp3) is 0.312. The highest BCUT2D eigenvalue weighted by atomic mass is 16.1. The third-order valence-electron chi connectivity index (χ3n) is 3.24. The second-order valence-electron chi connectivity index (χ2n) is 5.09. The summed E-state index contributed by atoms with van der Waals surface area (Å²) in [6.45, 7) is 5.93. The molecule has 2 aromatic carbocycles. The van der Waals surface area contributed by atoms with Gasteiger partial charge < -0.3 is 5.32 Å². The summed E-state index contributed by atoms with van der Waals surface area (Å²) in [5.74, 6) is 0.0770. The van der Waals surface area contributed by atoms with Crippen LogP contribution in [0, 0.1) is 0 Å². The minimum absolute atomic E-state index is 0.0770. The Kier molecular flexibility index (Phi) is 3.37.